The van der Waals surface area contributed by atoms with Gasteiger partial charge in [-0.05, 0) is 28.0 Å². The van der Waals surface area contributed by atoms with Crippen molar-refractivity contribution in [3.05, 3.63) is 34.9 Å². The van der Waals surface area contributed by atoms with Crippen LogP contribution in [0.15, 0.2) is 18.2 Å². The van der Waals surface area contributed by atoms with Crippen LogP contribution in [0.3, 0.4) is 0 Å². The Morgan fingerprint density at radius 3 is 1.88 bits per heavy atom. The predicted octanol–water partition coefficient (Wildman–Crippen LogP) is 3.98. The van der Waals surface area contributed by atoms with Crippen LogP contribution >= 0.6 is 0 Å². The van der Waals surface area contributed by atoms with Crippen LogP contribution in [0.4, 0.5) is 0 Å². The summed E-state index contributed by atoms with van der Waals surface area (Å²) in [7, 11) is 0. The van der Waals surface area contributed by atoms with Crippen molar-refractivity contribution >= 4 is 5.97 Å². The molecular formula is C15H22O2. The molecule has 2 nitrogen and oxygen atoms in total. The molecule has 0 unspecified atom stereocenters. The molecule has 0 radical (unpaired) electrons. The summed E-state index contributed by atoms with van der Waals surface area (Å²) >= 11 is 0. The fraction of sp³-hybridized carbons (Fsp3) is 0.533. The van der Waals surface area contributed by atoms with Gasteiger partial charge >= 0.3 is 5.97 Å². The number of benzene rings is 1. The Morgan fingerprint density at radius 1 is 1.00 bits per heavy atom. The third-order valence-corrected chi connectivity index (χ3v) is 2.92. The first kappa shape index (κ1) is 13.8. The fourth-order valence-corrected chi connectivity index (χ4v) is 1.84. The lowest BCUT2D eigenvalue weighted by Crippen LogP contribution is -2.19. The van der Waals surface area contributed by atoms with Crippen LogP contribution < -0.4 is 0 Å². The first-order valence-electron chi connectivity index (χ1n) is 5.92. The van der Waals surface area contributed by atoms with Gasteiger partial charge < -0.3 is 5.11 Å². The van der Waals surface area contributed by atoms with Crippen molar-refractivity contribution in [1.82, 2.24) is 0 Å². The molecule has 0 saturated carbocycles. The van der Waals surface area contributed by atoms with Crippen molar-refractivity contribution in [1.29, 1.82) is 0 Å². The van der Waals surface area contributed by atoms with E-state index in [1.54, 1.807) is 0 Å². The molecule has 0 aliphatic carbocycles. The average molecular weight is 234 g/mol. The van der Waals surface area contributed by atoms with Gasteiger partial charge in [0.05, 0.1) is 5.56 Å². The van der Waals surface area contributed by atoms with E-state index in [1.807, 2.05) is 39.0 Å². The predicted molar refractivity (Wildman–Crippen MR) is 70.8 cm³/mol. The van der Waals surface area contributed by atoms with Gasteiger partial charge in [-0.1, -0.05) is 53.7 Å². The van der Waals surface area contributed by atoms with Crippen molar-refractivity contribution in [2.24, 2.45) is 0 Å². The molecule has 1 aromatic carbocycles. The molecule has 0 aliphatic heterocycles. The highest BCUT2D eigenvalue weighted by molar-refractivity contribution is 5.90. The lowest BCUT2D eigenvalue weighted by molar-refractivity contribution is 0.0694. The zero-order valence-corrected chi connectivity index (χ0v) is 11.6. The summed E-state index contributed by atoms with van der Waals surface area (Å²) in [6.07, 6.45) is 0. The van der Waals surface area contributed by atoms with Gasteiger partial charge in [0.25, 0.3) is 0 Å². The Kier molecular flexibility index (Phi) is 3.37. The summed E-state index contributed by atoms with van der Waals surface area (Å²) < 4.78 is 0. The summed E-state index contributed by atoms with van der Waals surface area (Å²) in [5, 5.41) is 9.32. The van der Waals surface area contributed by atoms with Gasteiger partial charge in [0.2, 0.25) is 0 Å². The maximum absolute atomic E-state index is 11.3. The molecule has 0 atom stereocenters. The van der Waals surface area contributed by atoms with Crippen LogP contribution in [0.1, 0.15) is 63.0 Å². The third kappa shape index (κ3) is 3.09. The lowest BCUT2D eigenvalue weighted by atomic mass is 9.79. The molecule has 0 saturated heterocycles. The van der Waals surface area contributed by atoms with Crippen LogP contribution in [0.2, 0.25) is 0 Å². The number of carboxylic acids is 1. The normalized spacial score (nSPS) is 12.6. The van der Waals surface area contributed by atoms with Crippen LogP contribution in [-0.2, 0) is 10.8 Å². The second-order valence-corrected chi connectivity index (χ2v) is 6.57. The maximum Gasteiger partial charge on any atom is 0.335 e. The molecule has 1 rings (SSSR count). The summed E-state index contributed by atoms with van der Waals surface area (Å²) in [4.78, 5) is 11.3. The Labute approximate surface area is 104 Å². The van der Waals surface area contributed by atoms with Crippen molar-refractivity contribution in [3.8, 4) is 0 Å². The van der Waals surface area contributed by atoms with Gasteiger partial charge in [0.1, 0.15) is 0 Å². The van der Waals surface area contributed by atoms with Crippen LogP contribution in [0, 0.1) is 0 Å². The van der Waals surface area contributed by atoms with E-state index in [0.717, 1.165) is 11.1 Å². The minimum absolute atomic E-state index is 0.0272. The van der Waals surface area contributed by atoms with E-state index >= 15 is 0 Å². The van der Waals surface area contributed by atoms with Crippen molar-refractivity contribution in [2.75, 3.05) is 0 Å². The van der Waals surface area contributed by atoms with Crippen molar-refractivity contribution in [3.63, 3.8) is 0 Å². The molecule has 0 aromatic heterocycles. The highest BCUT2D eigenvalue weighted by Crippen LogP contribution is 2.30. The Bertz CT molecular complexity index is 431. The SMILES string of the molecule is CC(C)(C)c1ccc(C(C)(C)C)c(C(=O)O)c1. The number of carboxylic acid groups (broad SMARTS) is 1. The highest BCUT2D eigenvalue weighted by Gasteiger charge is 2.24. The molecule has 0 aliphatic rings. The zero-order chi connectivity index (χ0) is 13.4. The van der Waals surface area contributed by atoms with Gasteiger partial charge in [-0.3, -0.25) is 0 Å². The molecular weight excluding hydrogens is 212 g/mol. The van der Waals surface area contributed by atoms with Gasteiger partial charge in [-0.25, -0.2) is 4.79 Å². The Morgan fingerprint density at radius 2 is 1.53 bits per heavy atom. The second kappa shape index (κ2) is 4.17. The van der Waals surface area contributed by atoms with E-state index in [1.165, 1.54) is 0 Å². The molecule has 0 fully saturated rings. The minimum Gasteiger partial charge on any atom is -0.478 e. The van der Waals surface area contributed by atoms with Gasteiger partial charge in [0, 0.05) is 0 Å². The minimum atomic E-state index is -0.846. The van der Waals surface area contributed by atoms with Crippen molar-refractivity contribution in [2.45, 2.75) is 52.4 Å². The number of hydrogen-bond donors (Lipinski definition) is 1. The van der Waals surface area contributed by atoms with Crippen molar-refractivity contribution < 1.29 is 9.90 Å². The van der Waals surface area contributed by atoms with E-state index < -0.39 is 5.97 Å². The summed E-state index contributed by atoms with van der Waals surface area (Å²) in [5.41, 5.74) is 2.19. The molecule has 0 heterocycles. The highest BCUT2D eigenvalue weighted by atomic mass is 16.4. The van der Waals surface area contributed by atoms with Gasteiger partial charge in [-0.2, -0.15) is 0 Å². The van der Waals surface area contributed by atoms with E-state index in [-0.39, 0.29) is 10.8 Å². The van der Waals surface area contributed by atoms with E-state index in [0.29, 0.717) is 5.56 Å². The third-order valence-electron chi connectivity index (χ3n) is 2.92. The Balaban J connectivity index is 3.43. The first-order chi connectivity index (χ1) is 7.53. The van der Waals surface area contributed by atoms with E-state index in [4.69, 9.17) is 0 Å². The van der Waals surface area contributed by atoms with Crippen LogP contribution in [-0.4, -0.2) is 11.1 Å². The van der Waals surface area contributed by atoms with E-state index in [9.17, 15) is 9.90 Å². The summed E-state index contributed by atoms with van der Waals surface area (Å²) in [6, 6.07) is 5.79. The van der Waals surface area contributed by atoms with Gasteiger partial charge in [0.15, 0.2) is 0 Å². The number of hydrogen-bond acceptors (Lipinski definition) is 1. The molecule has 17 heavy (non-hydrogen) atoms. The Hall–Kier alpha value is -1.31. The quantitative estimate of drug-likeness (QED) is 0.798. The van der Waals surface area contributed by atoms with E-state index in [2.05, 4.69) is 20.8 Å². The molecule has 0 amide bonds. The molecule has 94 valence electrons. The molecule has 1 aromatic rings. The van der Waals surface area contributed by atoms with Crippen LogP contribution in [0.5, 0.6) is 0 Å². The standard InChI is InChI=1S/C15H22O2/c1-14(2,3)10-7-8-12(15(4,5)6)11(9-10)13(16)17/h7-9H,1-6H3,(H,16,17). The largest absolute Gasteiger partial charge is 0.478 e. The topological polar surface area (TPSA) is 37.3 Å². The summed E-state index contributed by atoms with van der Waals surface area (Å²) in [5.74, 6) is -0.846. The molecule has 0 spiro atoms. The number of rotatable bonds is 1. The molecule has 2 heteroatoms. The summed E-state index contributed by atoms with van der Waals surface area (Å²) in [6.45, 7) is 12.4. The molecule has 0 bridgehead atoms. The van der Waals surface area contributed by atoms with Gasteiger partial charge in [-0.15, -0.1) is 0 Å². The molecule has 1 N–H and O–H groups in total. The maximum atomic E-state index is 11.3. The van der Waals surface area contributed by atoms with Crippen LogP contribution in [0.25, 0.3) is 0 Å². The smallest absolute Gasteiger partial charge is 0.335 e. The number of carbonyl (C=O) groups is 1. The second-order valence-electron chi connectivity index (χ2n) is 6.57. The zero-order valence-electron chi connectivity index (χ0n) is 11.6. The monoisotopic (exact) mass is 234 g/mol. The first-order valence-corrected chi connectivity index (χ1v) is 5.92. The average Bonchev–Trinajstić information content (AvgIpc) is 2.14. The lowest BCUT2D eigenvalue weighted by Gasteiger charge is -2.25. The number of aromatic carboxylic acids is 1. The fourth-order valence-electron chi connectivity index (χ4n) is 1.84.